The summed E-state index contributed by atoms with van der Waals surface area (Å²) in [6.07, 6.45) is 1.92. The third kappa shape index (κ3) is 3.68. The molecule has 2 rings (SSSR count). The first-order chi connectivity index (χ1) is 8.70. The molecule has 0 bridgehead atoms. The molecule has 0 aliphatic carbocycles. The molecule has 0 radical (unpaired) electrons. The smallest absolute Gasteiger partial charge is 0.107 e. The number of nitrogens with two attached hydrogens (primary N) is 1. The van der Waals surface area contributed by atoms with Crippen molar-refractivity contribution >= 4 is 22.9 Å². The summed E-state index contributed by atoms with van der Waals surface area (Å²) in [6.45, 7) is 4.45. The van der Waals surface area contributed by atoms with E-state index in [1.165, 1.54) is 0 Å². The molecular weight excluding hydrogens is 270 g/mol. The number of rotatable bonds is 6. The lowest BCUT2D eigenvalue weighted by atomic mass is 10.1. The van der Waals surface area contributed by atoms with Crippen LogP contribution in [-0.4, -0.2) is 25.9 Å². The summed E-state index contributed by atoms with van der Waals surface area (Å²) in [5.41, 5.74) is 6.15. The van der Waals surface area contributed by atoms with Crippen molar-refractivity contribution in [1.82, 2.24) is 0 Å². The van der Waals surface area contributed by atoms with E-state index in [0.717, 1.165) is 35.3 Å². The maximum Gasteiger partial charge on any atom is 0.107 e. The number of thiophene rings is 1. The van der Waals surface area contributed by atoms with E-state index in [0.29, 0.717) is 12.5 Å². The minimum atomic E-state index is -0.0481. The molecule has 18 heavy (non-hydrogen) atoms. The fourth-order valence-electron chi connectivity index (χ4n) is 2.07. The fourth-order valence-corrected chi connectivity index (χ4v) is 3.25. The fraction of sp³-hybridized carbons (Fsp3) is 0.692. The van der Waals surface area contributed by atoms with Gasteiger partial charge in [0.15, 0.2) is 0 Å². The highest BCUT2D eigenvalue weighted by Crippen LogP contribution is 2.32. The summed E-state index contributed by atoms with van der Waals surface area (Å²) in [7, 11) is 0. The van der Waals surface area contributed by atoms with Crippen LogP contribution < -0.4 is 5.73 Å². The monoisotopic (exact) mass is 289 g/mol. The number of hydrogen-bond acceptors (Lipinski definition) is 4. The zero-order valence-corrected chi connectivity index (χ0v) is 12.2. The highest BCUT2D eigenvalue weighted by molar-refractivity contribution is 7.16. The van der Waals surface area contributed by atoms with Gasteiger partial charge in [-0.25, -0.2) is 0 Å². The molecule has 5 heteroatoms. The Kier molecular flexibility index (Phi) is 5.45. The molecule has 1 aliphatic heterocycles. The lowest BCUT2D eigenvalue weighted by Crippen LogP contribution is -2.30. The van der Waals surface area contributed by atoms with Crippen molar-refractivity contribution in [2.75, 3.05) is 19.8 Å². The Morgan fingerprint density at radius 3 is 3.00 bits per heavy atom. The van der Waals surface area contributed by atoms with Crippen LogP contribution in [0.1, 0.15) is 30.7 Å². The predicted molar refractivity (Wildman–Crippen MR) is 75.2 cm³/mol. The first-order valence-corrected chi connectivity index (χ1v) is 7.60. The Morgan fingerprint density at radius 2 is 2.44 bits per heavy atom. The Labute approximate surface area is 117 Å². The largest absolute Gasteiger partial charge is 0.381 e. The Morgan fingerprint density at radius 1 is 1.61 bits per heavy atom. The van der Waals surface area contributed by atoms with Crippen molar-refractivity contribution in [3.8, 4) is 0 Å². The molecule has 3 nitrogen and oxygen atoms in total. The summed E-state index contributed by atoms with van der Waals surface area (Å²) >= 11 is 7.53. The first-order valence-electron chi connectivity index (χ1n) is 6.41. The van der Waals surface area contributed by atoms with Gasteiger partial charge < -0.3 is 15.2 Å². The van der Waals surface area contributed by atoms with Crippen molar-refractivity contribution in [2.24, 2.45) is 11.7 Å². The van der Waals surface area contributed by atoms with Crippen LogP contribution in [0.4, 0.5) is 0 Å². The molecule has 1 fully saturated rings. The van der Waals surface area contributed by atoms with Gasteiger partial charge in [0, 0.05) is 23.4 Å². The van der Waals surface area contributed by atoms with Gasteiger partial charge in [0.2, 0.25) is 0 Å². The Balaban J connectivity index is 1.96. The minimum absolute atomic E-state index is 0.0158. The molecule has 102 valence electrons. The summed E-state index contributed by atoms with van der Waals surface area (Å²) in [5, 5.41) is 0. The second kappa shape index (κ2) is 6.87. The molecule has 1 aromatic rings. The van der Waals surface area contributed by atoms with Crippen LogP contribution in [0.15, 0.2) is 12.1 Å². The Bertz CT molecular complexity index is 366. The van der Waals surface area contributed by atoms with E-state index in [1.807, 2.05) is 12.1 Å². The van der Waals surface area contributed by atoms with Crippen LogP contribution in [0.3, 0.4) is 0 Å². The molecule has 1 aliphatic rings. The molecule has 1 saturated heterocycles. The van der Waals surface area contributed by atoms with Gasteiger partial charge in [0.1, 0.15) is 6.10 Å². The van der Waals surface area contributed by atoms with Gasteiger partial charge in [-0.15, -0.1) is 11.3 Å². The van der Waals surface area contributed by atoms with Gasteiger partial charge in [-0.2, -0.15) is 0 Å². The van der Waals surface area contributed by atoms with Crippen molar-refractivity contribution in [3.05, 3.63) is 21.3 Å². The van der Waals surface area contributed by atoms with E-state index in [-0.39, 0.29) is 12.1 Å². The minimum Gasteiger partial charge on any atom is -0.381 e. The Hall–Kier alpha value is -0.130. The lowest BCUT2D eigenvalue weighted by molar-refractivity contribution is 0.0115. The molecule has 1 aromatic heterocycles. The molecule has 0 aromatic carbocycles. The molecule has 2 heterocycles. The van der Waals surface area contributed by atoms with Crippen LogP contribution in [0.2, 0.25) is 4.34 Å². The van der Waals surface area contributed by atoms with Gasteiger partial charge in [-0.1, -0.05) is 18.5 Å². The molecule has 0 spiro atoms. The SMILES string of the molecule is CCC(N)C(OCC1CCOC1)c1ccc(Cl)s1. The summed E-state index contributed by atoms with van der Waals surface area (Å²) in [6, 6.07) is 3.93. The third-order valence-electron chi connectivity index (χ3n) is 3.27. The van der Waals surface area contributed by atoms with Gasteiger partial charge >= 0.3 is 0 Å². The molecule has 2 N–H and O–H groups in total. The predicted octanol–water partition coefficient (Wildman–Crippen LogP) is 3.23. The third-order valence-corrected chi connectivity index (χ3v) is 4.56. The second-order valence-electron chi connectivity index (χ2n) is 4.70. The summed E-state index contributed by atoms with van der Waals surface area (Å²) < 4.78 is 12.2. The van der Waals surface area contributed by atoms with E-state index < -0.39 is 0 Å². The quantitative estimate of drug-likeness (QED) is 0.874. The van der Waals surface area contributed by atoms with E-state index in [9.17, 15) is 0 Å². The van der Waals surface area contributed by atoms with Crippen molar-refractivity contribution in [2.45, 2.75) is 31.9 Å². The van der Waals surface area contributed by atoms with E-state index in [2.05, 4.69) is 6.92 Å². The standard InChI is InChI=1S/C13H20ClNO2S/c1-2-10(15)13(11-3-4-12(14)18-11)17-8-9-5-6-16-7-9/h3-4,9-10,13H,2,5-8,15H2,1H3. The van der Waals surface area contributed by atoms with Crippen molar-refractivity contribution in [1.29, 1.82) is 0 Å². The van der Waals surface area contributed by atoms with Crippen LogP contribution >= 0.6 is 22.9 Å². The number of halogens is 1. The van der Waals surface area contributed by atoms with Gasteiger partial charge in [0.05, 0.1) is 17.6 Å². The van der Waals surface area contributed by atoms with Crippen molar-refractivity contribution < 1.29 is 9.47 Å². The number of hydrogen-bond donors (Lipinski definition) is 1. The van der Waals surface area contributed by atoms with Gasteiger partial charge in [-0.05, 0) is 25.0 Å². The lowest BCUT2D eigenvalue weighted by Gasteiger charge is -2.23. The topological polar surface area (TPSA) is 44.5 Å². The van der Waals surface area contributed by atoms with Gasteiger partial charge in [0.25, 0.3) is 0 Å². The molecular formula is C13H20ClNO2S. The highest BCUT2D eigenvalue weighted by atomic mass is 35.5. The zero-order valence-electron chi connectivity index (χ0n) is 10.6. The summed E-state index contributed by atoms with van der Waals surface area (Å²) in [4.78, 5) is 1.12. The summed E-state index contributed by atoms with van der Waals surface area (Å²) in [5.74, 6) is 0.506. The van der Waals surface area contributed by atoms with E-state index in [1.54, 1.807) is 11.3 Å². The zero-order chi connectivity index (χ0) is 13.0. The van der Waals surface area contributed by atoms with Crippen LogP contribution in [0.25, 0.3) is 0 Å². The van der Waals surface area contributed by atoms with Crippen LogP contribution in [0.5, 0.6) is 0 Å². The number of ether oxygens (including phenoxy) is 2. The molecule has 0 amide bonds. The second-order valence-corrected chi connectivity index (χ2v) is 6.44. The average Bonchev–Trinajstić information content (AvgIpc) is 3.01. The average molecular weight is 290 g/mol. The van der Waals surface area contributed by atoms with Gasteiger partial charge in [-0.3, -0.25) is 0 Å². The van der Waals surface area contributed by atoms with Crippen LogP contribution in [0, 0.1) is 5.92 Å². The normalized spacial score (nSPS) is 23.2. The molecule has 3 unspecified atom stereocenters. The van der Waals surface area contributed by atoms with Crippen LogP contribution in [-0.2, 0) is 9.47 Å². The highest BCUT2D eigenvalue weighted by Gasteiger charge is 2.24. The molecule has 0 saturated carbocycles. The maximum atomic E-state index is 6.15. The van der Waals surface area contributed by atoms with E-state index >= 15 is 0 Å². The molecule has 3 atom stereocenters. The van der Waals surface area contributed by atoms with E-state index in [4.69, 9.17) is 26.8 Å². The van der Waals surface area contributed by atoms with Crippen molar-refractivity contribution in [3.63, 3.8) is 0 Å². The first kappa shape index (κ1) is 14.3. The maximum absolute atomic E-state index is 6.15.